The monoisotopic (exact) mass is 243 g/mol. The van der Waals surface area contributed by atoms with E-state index in [4.69, 9.17) is 15.7 Å². The Kier molecular flexibility index (Phi) is 3.86. The normalized spacial score (nSPS) is 36.3. The lowest BCUT2D eigenvalue weighted by Crippen LogP contribution is -2.55. The van der Waals surface area contributed by atoms with Gasteiger partial charge in [0.1, 0.15) is 0 Å². The average Bonchev–Trinajstić information content (AvgIpc) is 2.28. The fourth-order valence-corrected chi connectivity index (χ4v) is 2.87. The number of piperidine rings is 1. The Balaban J connectivity index is 1.96. The minimum atomic E-state index is -0.257. The molecule has 0 unspecified atom stereocenters. The molecule has 0 aromatic carbocycles. The van der Waals surface area contributed by atoms with E-state index >= 15 is 0 Å². The maximum Gasteiger partial charge on any atom is 0.153 e. The van der Waals surface area contributed by atoms with Gasteiger partial charge in [0.05, 0.1) is 18.2 Å². The number of hydrogen-bond donors (Lipinski definition) is 3. The molecule has 2 aliphatic rings. The van der Waals surface area contributed by atoms with Gasteiger partial charge in [-0.15, -0.1) is 0 Å². The average molecular weight is 243 g/mol. The molecule has 0 aliphatic carbocycles. The van der Waals surface area contributed by atoms with Crippen molar-refractivity contribution in [3.05, 3.63) is 0 Å². The van der Waals surface area contributed by atoms with E-state index in [1.54, 1.807) is 0 Å². The Hall–Kier alpha value is -0.850. The van der Waals surface area contributed by atoms with Crippen molar-refractivity contribution < 1.29 is 15.1 Å². The highest BCUT2D eigenvalue weighted by Gasteiger charge is 2.40. The highest BCUT2D eigenvalue weighted by atomic mass is 16.5. The van der Waals surface area contributed by atoms with Crippen LogP contribution < -0.4 is 5.73 Å². The highest BCUT2D eigenvalue weighted by molar-refractivity contribution is 5.81. The molecule has 0 aromatic heterocycles. The van der Waals surface area contributed by atoms with Crippen molar-refractivity contribution >= 4 is 5.84 Å². The fourth-order valence-electron chi connectivity index (χ4n) is 2.87. The first-order valence-electron chi connectivity index (χ1n) is 6.14. The Labute approximate surface area is 101 Å². The lowest BCUT2D eigenvalue weighted by atomic mass is 9.84. The number of aliphatic hydroxyl groups is 1. The molecule has 17 heavy (non-hydrogen) atoms. The second kappa shape index (κ2) is 5.20. The third kappa shape index (κ3) is 3.08. The van der Waals surface area contributed by atoms with Crippen LogP contribution in [0.2, 0.25) is 0 Å². The van der Waals surface area contributed by atoms with Gasteiger partial charge in [0, 0.05) is 19.6 Å². The summed E-state index contributed by atoms with van der Waals surface area (Å²) in [6.07, 6.45) is 3.16. The van der Waals surface area contributed by atoms with Gasteiger partial charge in [-0.05, 0) is 25.8 Å². The van der Waals surface area contributed by atoms with Gasteiger partial charge >= 0.3 is 0 Å². The fraction of sp³-hybridized carbons (Fsp3) is 0.909. The minimum absolute atomic E-state index is 0.221. The first kappa shape index (κ1) is 12.6. The molecule has 6 nitrogen and oxygen atoms in total. The van der Waals surface area contributed by atoms with Crippen LogP contribution in [0.3, 0.4) is 0 Å². The van der Waals surface area contributed by atoms with Crippen LogP contribution in [0.25, 0.3) is 0 Å². The maximum atomic E-state index is 9.75. The smallest absolute Gasteiger partial charge is 0.153 e. The van der Waals surface area contributed by atoms with Crippen molar-refractivity contribution in [3.8, 4) is 0 Å². The van der Waals surface area contributed by atoms with Crippen LogP contribution in [-0.2, 0) is 4.74 Å². The van der Waals surface area contributed by atoms with E-state index in [9.17, 15) is 5.11 Å². The Morgan fingerprint density at radius 1 is 1.59 bits per heavy atom. The zero-order valence-corrected chi connectivity index (χ0v) is 10.0. The molecule has 2 atom stereocenters. The molecule has 2 rings (SSSR count). The molecule has 0 radical (unpaired) electrons. The molecule has 0 saturated carbocycles. The van der Waals surface area contributed by atoms with Crippen LogP contribution in [0.4, 0.5) is 0 Å². The molecule has 6 heteroatoms. The largest absolute Gasteiger partial charge is 0.409 e. The zero-order chi connectivity index (χ0) is 12.3. The summed E-state index contributed by atoms with van der Waals surface area (Å²) in [4.78, 5) is 2.12. The predicted molar refractivity (Wildman–Crippen MR) is 63.0 cm³/mol. The van der Waals surface area contributed by atoms with Crippen LogP contribution in [0.5, 0.6) is 0 Å². The lowest BCUT2D eigenvalue weighted by Gasteiger charge is -2.46. The van der Waals surface area contributed by atoms with Gasteiger partial charge in [0.15, 0.2) is 5.84 Å². The SMILES string of the molecule is NC(CN1CCC[C@@]2(C[C@@H](O)CCO2)C1)=NO. The number of nitrogens with zero attached hydrogens (tertiary/aromatic N) is 2. The van der Waals surface area contributed by atoms with Gasteiger partial charge in [0.2, 0.25) is 0 Å². The summed E-state index contributed by atoms with van der Waals surface area (Å²) >= 11 is 0. The van der Waals surface area contributed by atoms with Gasteiger partial charge in [-0.3, -0.25) is 4.90 Å². The summed E-state index contributed by atoms with van der Waals surface area (Å²) in [6, 6.07) is 0. The van der Waals surface area contributed by atoms with Gasteiger partial charge < -0.3 is 20.8 Å². The zero-order valence-electron chi connectivity index (χ0n) is 10.0. The Morgan fingerprint density at radius 2 is 2.41 bits per heavy atom. The molecule has 0 bridgehead atoms. The van der Waals surface area contributed by atoms with Crippen LogP contribution in [0, 0.1) is 0 Å². The number of nitrogens with two attached hydrogens (primary N) is 1. The molecule has 1 spiro atoms. The molecule has 0 aromatic rings. The van der Waals surface area contributed by atoms with Crippen molar-refractivity contribution in [2.45, 2.75) is 37.4 Å². The second-order valence-electron chi connectivity index (χ2n) is 5.08. The van der Waals surface area contributed by atoms with Gasteiger partial charge in [-0.2, -0.15) is 0 Å². The van der Waals surface area contributed by atoms with Crippen LogP contribution in [-0.4, -0.2) is 59.0 Å². The molecule has 2 heterocycles. The number of oxime groups is 1. The van der Waals surface area contributed by atoms with E-state index in [-0.39, 0.29) is 17.5 Å². The quantitative estimate of drug-likeness (QED) is 0.269. The molecular weight excluding hydrogens is 222 g/mol. The number of hydrogen-bond acceptors (Lipinski definition) is 5. The van der Waals surface area contributed by atoms with Gasteiger partial charge in [-0.25, -0.2) is 0 Å². The first-order chi connectivity index (χ1) is 8.13. The molecule has 98 valence electrons. The third-order valence-electron chi connectivity index (χ3n) is 3.60. The van der Waals surface area contributed by atoms with Crippen molar-refractivity contribution in [3.63, 3.8) is 0 Å². The van der Waals surface area contributed by atoms with Gasteiger partial charge in [-0.1, -0.05) is 5.16 Å². The molecule has 4 N–H and O–H groups in total. The van der Waals surface area contributed by atoms with Gasteiger partial charge in [0.25, 0.3) is 0 Å². The third-order valence-corrected chi connectivity index (χ3v) is 3.60. The van der Waals surface area contributed by atoms with Crippen LogP contribution >= 0.6 is 0 Å². The van der Waals surface area contributed by atoms with Crippen molar-refractivity contribution in [2.24, 2.45) is 10.9 Å². The highest BCUT2D eigenvalue weighted by Crippen LogP contribution is 2.33. The maximum absolute atomic E-state index is 9.75. The van der Waals surface area contributed by atoms with E-state index in [0.29, 0.717) is 19.6 Å². The summed E-state index contributed by atoms with van der Waals surface area (Å²) in [5.41, 5.74) is 5.29. The summed E-state index contributed by atoms with van der Waals surface area (Å²) in [5, 5.41) is 21.3. The minimum Gasteiger partial charge on any atom is -0.409 e. The standard InChI is InChI=1S/C11H21N3O3/c12-10(13-16)7-14-4-1-3-11(8-14)6-9(15)2-5-17-11/h9,15-16H,1-8H2,(H2,12,13)/t9-,11+/m0/s1. The van der Waals surface area contributed by atoms with Crippen LogP contribution in [0.1, 0.15) is 25.7 Å². The molecular formula is C11H21N3O3. The predicted octanol–water partition coefficient (Wildman–Crippen LogP) is -0.261. The number of rotatable bonds is 2. The number of likely N-dealkylation sites (tertiary alicyclic amines) is 1. The molecule has 2 aliphatic heterocycles. The lowest BCUT2D eigenvalue weighted by molar-refractivity contribution is -0.145. The summed E-state index contributed by atoms with van der Waals surface area (Å²) in [7, 11) is 0. The topological polar surface area (TPSA) is 91.3 Å². The number of amidine groups is 1. The van der Waals surface area contributed by atoms with Crippen LogP contribution in [0.15, 0.2) is 5.16 Å². The van der Waals surface area contributed by atoms with Crippen molar-refractivity contribution in [1.29, 1.82) is 0 Å². The molecule has 0 amide bonds. The Bertz CT molecular complexity index is 294. The van der Waals surface area contributed by atoms with Crippen molar-refractivity contribution in [1.82, 2.24) is 4.90 Å². The Morgan fingerprint density at radius 3 is 3.12 bits per heavy atom. The van der Waals surface area contributed by atoms with E-state index < -0.39 is 0 Å². The van der Waals surface area contributed by atoms with Crippen molar-refractivity contribution in [2.75, 3.05) is 26.2 Å². The summed E-state index contributed by atoms with van der Waals surface area (Å²) in [5.74, 6) is 0.221. The van der Waals surface area contributed by atoms with E-state index in [1.165, 1.54) is 0 Å². The number of ether oxygens (including phenoxy) is 1. The molecule has 2 saturated heterocycles. The first-order valence-corrected chi connectivity index (χ1v) is 6.14. The van der Waals surface area contributed by atoms with E-state index in [0.717, 1.165) is 32.4 Å². The number of aliphatic hydroxyl groups excluding tert-OH is 1. The summed E-state index contributed by atoms with van der Waals surface area (Å²) in [6.45, 7) is 2.76. The summed E-state index contributed by atoms with van der Waals surface area (Å²) < 4.78 is 5.88. The van der Waals surface area contributed by atoms with E-state index in [2.05, 4.69) is 10.1 Å². The van der Waals surface area contributed by atoms with E-state index in [1.807, 2.05) is 0 Å². The molecule has 2 fully saturated rings. The second-order valence-corrected chi connectivity index (χ2v) is 5.08.